The van der Waals surface area contributed by atoms with Crippen LogP contribution in [0.2, 0.25) is 0 Å². The first kappa shape index (κ1) is 12.7. The summed E-state index contributed by atoms with van der Waals surface area (Å²) in [6.07, 6.45) is 0. The Morgan fingerprint density at radius 1 is 1.15 bits per heavy atom. The predicted molar refractivity (Wildman–Crippen MR) is 83.1 cm³/mol. The Hall–Kier alpha value is -2.29. The van der Waals surface area contributed by atoms with E-state index < -0.39 is 0 Å². The molecule has 3 aromatic rings. The summed E-state index contributed by atoms with van der Waals surface area (Å²) < 4.78 is 2.15. The molecule has 0 bridgehead atoms. The van der Waals surface area contributed by atoms with E-state index >= 15 is 0 Å². The normalized spacial score (nSPS) is 11.2. The molecule has 102 valence electrons. The van der Waals surface area contributed by atoms with Crippen LogP contribution in [0.5, 0.6) is 0 Å². The number of aryl methyl sites for hydroxylation is 3. The monoisotopic (exact) mass is 266 g/mol. The molecule has 2 heterocycles. The lowest BCUT2D eigenvalue weighted by atomic mass is 10.1. The fourth-order valence-electron chi connectivity index (χ4n) is 2.90. The van der Waals surface area contributed by atoms with Crippen molar-refractivity contribution in [1.82, 2.24) is 9.55 Å². The van der Waals surface area contributed by atoms with Crippen molar-refractivity contribution in [2.45, 2.75) is 27.3 Å². The zero-order chi connectivity index (χ0) is 14.3. The number of H-pyrrole nitrogens is 1. The molecule has 3 nitrogen and oxygen atoms in total. The third kappa shape index (κ3) is 1.78. The summed E-state index contributed by atoms with van der Waals surface area (Å²) >= 11 is 0. The number of fused-ring (bicyclic) bond motifs is 1. The lowest BCUT2D eigenvalue weighted by Gasteiger charge is -2.08. The molecular weight excluding hydrogens is 248 g/mol. The van der Waals surface area contributed by atoms with E-state index in [2.05, 4.69) is 28.6 Å². The van der Waals surface area contributed by atoms with Gasteiger partial charge in [-0.15, -0.1) is 0 Å². The minimum absolute atomic E-state index is 0.0955. The van der Waals surface area contributed by atoms with Crippen molar-refractivity contribution in [3.8, 4) is 11.3 Å². The van der Waals surface area contributed by atoms with E-state index in [9.17, 15) is 4.79 Å². The van der Waals surface area contributed by atoms with Crippen molar-refractivity contribution in [3.05, 3.63) is 57.9 Å². The molecule has 20 heavy (non-hydrogen) atoms. The standard InChI is InChI=1S/C17H18N2O/c1-4-19-11(2)10-14(20)15-12(3)16(18-17(15)19)13-8-6-5-7-9-13/h5-10,18H,4H2,1-3H3. The maximum Gasteiger partial charge on any atom is 0.191 e. The van der Waals surface area contributed by atoms with Crippen LogP contribution < -0.4 is 5.43 Å². The molecule has 2 aromatic heterocycles. The van der Waals surface area contributed by atoms with Crippen molar-refractivity contribution in [3.63, 3.8) is 0 Å². The highest BCUT2D eigenvalue weighted by Gasteiger charge is 2.15. The van der Waals surface area contributed by atoms with E-state index in [-0.39, 0.29) is 5.43 Å². The number of rotatable bonds is 2. The maximum atomic E-state index is 12.3. The molecule has 0 radical (unpaired) electrons. The highest BCUT2D eigenvalue weighted by atomic mass is 16.1. The Kier molecular flexibility index (Phi) is 2.97. The number of pyridine rings is 1. The van der Waals surface area contributed by atoms with Crippen molar-refractivity contribution in [2.75, 3.05) is 0 Å². The Morgan fingerprint density at radius 3 is 2.50 bits per heavy atom. The summed E-state index contributed by atoms with van der Waals surface area (Å²) in [4.78, 5) is 15.7. The van der Waals surface area contributed by atoms with Crippen LogP contribution in [-0.4, -0.2) is 9.55 Å². The summed E-state index contributed by atoms with van der Waals surface area (Å²) in [5, 5.41) is 0.802. The van der Waals surface area contributed by atoms with Crippen LogP contribution in [0.1, 0.15) is 18.2 Å². The molecule has 0 spiro atoms. The summed E-state index contributed by atoms with van der Waals surface area (Å²) in [5.74, 6) is 0. The van der Waals surface area contributed by atoms with Gasteiger partial charge in [-0.2, -0.15) is 0 Å². The molecule has 0 saturated carbocycles. The van der Waals surface area contributed by atoms with Crippen LogP contribution in [0.15, 0.2) is 41.2 Å². The molecule has 1 N–H and O–H groups in total. The average Bonchev–Trinajstić information content (AvgIpc) is 2.78. The predicted octanol–water partition coefficient (Wildman–Crippen LogP) is 3.63. The first-order valence-electron chi connectivity index (χ1n) is 6.91. The van der Waals surface area contributed by atoms with Gasteiger partial charge in [0.05, 0.1) is 11.1 Å². The molecular formula is C17H18N2O. The van der Waals surface area contributed by atoms with Gasteiger partial charge in [-0.05, 0) is 31.9 Å². The van der Waals surface area contributed by atoms with E-state index in [0.717, 1.165) is 40.1 Å². The molecule has 0 amide bonds. The molecule has 0 aliphatic rings. The third-order valence-corrected chi connectivity index (χ3v) is 3.89. The minimum atomic E-state index is 0.0955. The molecule has 0 fully saturated rings. The Bertz CT molecular complexity index is 826. The molecule has 0 atom stereocenters. The largest absolute Gasteiger partial charge is 0.340 e. The summed E-state index contributed by atoms with van der Waals surface area (Å²) in [6.45, 7) is 6.92. The minimum Gasteiger partial charge on any atom is -0.340 e. The van der Waals surface area contributed by atoms with Gasteiger partial charge in [0, 0.05) is 18.3 Å². The smallest absolute Gasteiger partial charge is 0.191 e. The molecule has 0 unspecified atom stereocenters. The fraction of sp³-hybridized carbons (Fsp3) is 0.235. The number of nitrogens with one attached hydrogen (secondary N) is 1. The molecule has 3 heteroatoms. The van der Waals surface area contributed by atoms with Gasteiger partial charge >= 0.3 is 0 Å². The van der Waals surface area contributed by atoms with Crippen LogP contribution in [0.3, 0.4) is 0 Å². The lowest BCUT2D eigenvalue weighted by molar-refractivity contribution is 0.751. The van der Waals surface area contributed by atoms with Gasteiger partial charge in [0.25, 0.3) is 0 Å². The lowest BCUT2D eigenvalue weighted by Crippen LogP contribution is -2.10. The second-order valence-electron chi connectivity index (χ2n) is 5.11. The van der Waals surface area contributed by atoms with Crippen molar-refractivity contribution in [1.29, 1.82) is 0 Å². The fourth-order valence-corrected chi connectivity index (χ4v) is 2.90. The van der Waals surface area contributed by atoms with Crippen molar-refractivity contribution < 1.29 is 0 Å². The molecule has 0 aliphatic heterocycles. The van der Waals surface area contributed by atoms with Crippen LogP contribution in [0.25, 0.3) is 22.3 Å². The number of aromatic nitrogens is 2. The first-order valence-corrected chi connectivity index (χ1v) is 6.91. The van der Waals surface area contributed by atoms with E-state index in [1.54, 1.807) is 6.07 Å². The second-order valence-corrected chi connectivity index (χ2v) is 5.11. The number of benzene rings is 1. The van der Waals surface area contributed by atoms with E-state index in [1.165, 1.54) is 0 Å². The quantitative estimate of drug-likeness (QED) is 0.755. The van der Waals surface area contributed by atoms with Gasteiger partial charge < -0.3 is 9.55 Å². The van der Waals surface area contributed by atoms with Gasteiger partial charge in [-0.25, -0.2) is 0 Å². The number of nitrogens with zero attached hydrogens (tertiary/aromatic N) is 1. The topological polar surface area (TPSA) is 37.8 Å². The van der Waals surface area contributed by atoms with Gasteiger partial charge in [-0.1, -0.05) is 30.3 Å². The Balaban J connectivity index is 2.41. The van der Waals surface area contributed by atoms with E-state index in [4.69, 9.17) is 0 Å². The highest BCUT2D eigenvalue weighted by Crippen LogP contribution is 2.28. The Morgan fingerprint density at radius 2 is 1.85 bits per heavy atom. The second kappa shape index (κ2) is 4.67. The van der Waals surface area contributed by atoms with E-state index in [0.29, 0.717) is 0 Å². The zero-order valence-corrected chi connectivity index (χ0v) is 12.0. The van der Waals surface area contributed by atoms with Crippen LogP contribution in [0, 0.1) is 13.8 Å². The molecule has 3 rings (SSSR count). The average molecular weight is 266 g/mol. The SMILES string of the molecule is CCn1c(C)cc(=O)c2c(C)c(-c3ccccc3)[nH]c21. The number of hydrogen-bond donors (Lipinski definition) is 1. The highest BCUT2D eigenvalue weighted by molar-refractivity contribution is 5.88. The van der Waals surface area contributed by atoms with E-state index in [1.807, 2.05) is 32.0 Å². The van der Waals surface area contributed by atoms with Crippen LogP contribution >= 0.6 is 0 Å². The Labute approximate surface area is 117 Å². The number of aromatic amines is 1. The summed E-state index contributed by atoms with van der Waals surface area (Å²) in [5.41, 5.74) is 5.18. The van der Waals surface area contributed by atoms with Gasteiger partial charge in [0.15, 0.2) is 5.43 Å². The van der Waals surface area contributed by atoms with Crippen molar-refractivity contribution in [2.24, 2.45) is 0 Å². The summed E-state index contributed by atoms with van der Waals surface area (Å²) in [7, 11) is 0. The van der Waals surface area contributed by atoms with Gasteiger partial charge in [0.1, 0.15) is 5.65 Å². The van der Waals surface area contributed by atoms with Gasteiger partial charge in [0.2, 0.25) is 0 Å². The maximum absolute atomic E-state index is 12.3. The molecule has 1 aromatic carbocycles. The number of hydrogen-bond acceptors (Lipinski definition) is 1. The van der Waals surface area contributed by atoms with Gasteiger partial charge in [-0.3, -0.25) is 4.79 Å². The summed E-state index contributed by atoms with van der Waals surface area (Å²) in [6, 6.07) is 11.9. The zero-order valence-electron chi connectivity index (χ0n) is 12.0. The third-order valence-electron chi connectivity index (χ3n) is 3.89. The van der Waals surface area contributed by atoms with Crippen LogP contribution in [-0.2, 0) is 6.54 Å². The first-order chi connectivity index (χ1) is 9.63. The van der Waals surface area contributed by atoms with Crippen molar-refractivity contribution >= 4 is 11.0 Å². The molecule has 0 aliphatic carbocycles. The van der Waals surface area contributed by atoms with Crippen LogP contribution in [0.4, 0.5) is 0 Å². The molecule has 0 saturated heterocycles.